The van der Waals surface area contributed by atoms with Gasteiger partial charge in [0.2, 0.25) is 0 Å². The maximum absolute atomic E-state index is 11.5. The molecule has 1 atom stereocenters. The van der Waals surface area contributed by atoms with E-state index in [2.05, 4.69) is 25.8 Å². The number of rotatable bonds is 5. The summed E-state index contributed by atoms with van der Waals surface area (Å²) in [5.41, 5.74) is 1.55. The van der Waals surface area contributed by atoms with Crippen LogP contribution in [-0.2, 0) is 17.6 Å². The lowest BCUT2D eigenvalue weighted by Gasteiger charge is -2.10. The van der Waals surface area contributed by atoms with Crippen LogP contribution >= 0.6 is 0 Å². The van der Waals surface area contributed by atoms with E-state index in [9.17, 15) is 9.59 Å². The number of carbonyl (C=O) groups excluding carboxylic acids is 1. The Kier molecular flexibility index (Phi) is 5.16. The first-order valence-electron chi connectivity index (χ1n) is 6.00. The number of urea groups is 1. The average molecular weight is 267 g/mol. The van der Waals surface area contributed by atoms with E-state index in [1.807, 2.05) is 13.8 Å². The second-order valence-electron chi connectivity index (χ2n) is 3.89. The quantitative estimate of drug-likeness (QED) is 0.718. The number of aliphatic carboxylic acids is 1. The van der Waals surface area contributed by atoms with Crippen LogP contribution in [0.3, 0.4) is 0 Å². The number of carbonyl (C=O) groups is 2. The van der Waals surface area contributed by atoms with Gasteiger partial charge in [-0.25, -0.2) is 9.78 Å². The third kappa shape index (κ3) is 4.16. The highest BCUT2D eigenvalue weighted by atomic mass is 16.4. The first kappa shape index (κ1) is 14.8. The van der Waals surface area contributed by atoms with E-state index in [1.165, 1.54) is 6.92 Å². The van der Waals surface area contributed by atoms with Gasteiger partial charge in [0.15, 0.2) is 0 Å². The van der Waals surface area contributed by atoms with Crippen molar-refractivity contribution in [3.63, 3.8) is 0 Å². The Labute approximate surface area is 110 Å². The molecule has 0 unspecified atom stereocenters. The summed E-state index contributed by atoms with van der Waals surface area (Å²) < 4.78 is 0. The van der Waals surface area contributed by atoms with Crippen molar-refractivity contribution in [3.8, 4) is 0 Å². The minimum atomic E-state index is -1.12. The molecule has 1 aromatic heterocycles. The summed E-state index contributed by atoms with van der Waals surface area (Å²) in [4.78, 5) is 26.2. The van der Waals surface area contributed by atoms with E-state index in [4.69, 9.17) is 5.11 Å². The van der Waals surface area contributed by atoms with Crippen LogP contribution in [0.1, 0.15) is 32.2 Å². The van der Waals surface area contributed by atoms with Crippen LogP contribution in [0.2, 0.25) is 0 Å². The Bertz CT molecular complexity index is 477. The number of nitrogens with zero attached hydrogens (tertiary/aromatic N) is 3. The van der Waals surface area contributed by atoms with Gasteiger partial charge >= 0.3 is 12.0 Å². The molecule has 0 aliphatic heterocycles. The van der Waals surface area contributed by atoms with Crippen LogP contribution in [-0.4, -0.2) is 38.3 Å². The molecule has 8 heteroatoms. The molecule has 0 aromatic carbocycles. The summed E-state index contributed by atoms with van der Waals surface area (Å²) in [7, 11) is 0. The van der Waals surface area contributed by atoms with Crippen LogP contribution in [0.5, 0.6) is 0 Å². The molecule has 0 aliphatic carbocycles. The molecule has 0 saturated carbocycles. The summed E-state index contributed by atoms with van der Waals surface area (Å²) in [6.07, 6.45) is 1.40. The summed E-state index contributed by atoms with van der Waals surface area (Å²) in [6, 6.07) is -1.67. The van der Waals surface area contributed by atoms with Crippen molar-refractivity contribution in [2.75, 3.05) is 5.32 Å². The monoisotopic (exact) mass is 267 g/mol. The molecular weight excluding hydrogens is 250 g/mol. The van der Waals surface area contributed by atoms with Crippen molar-refractivity contribution in [2.24, 2.45) is 0 Å². The normalized spacial score (nSPS) is 11.7. The standard InChI is InChI=1S/C11H17N5O3/c1-4-7-8(5-2)15-16-10(13-7)14-11(19)12-6(3)9(17)18/h6H,4-5H2,1-3H3,(H,17,18)(H2,12,13,14,16,19)/t6-/m1/s1. The number of aryl methyl sites for hydroxylation is 2. The first-order valence-corrected chi connectivity index (χ1v) is 6.00. The fourth-order valence-corrected chi connectivity index (χ4v) is 1.39. The number of carboxylic acid groups (broad SMARTS) is 1. The maximum atomic E-state index is 11.5. The molecule has 19 heavy (non-hydrogen) atoms. The van der Waals surface area contributed by atoms with E-state index in [1.54, 1.807) is 0 Å². The van der Waals surface area contributed by atoms with Gasteiger partial charge in [-0.2, -0.15) is 0 Å². The lowest BCUT2D eigenvalue weighted by atomic mass is 10.2. The maximum Gasteiger partial charge on any atom is 0.325 e. The third-order valence-corrected chi connectivity index (χ3v) is 2.45. The summed E-state index contributed by atoms with van der Waals surface area (Å²) in [5.74, 6) is -1.06. The van der Waals surface area contributed by atoms with Crippen LogP contribution in [0.15, 0.2) is 0 Å². The molecule has 0 saturated heterocycles. The molecule has 1 rings (SSSR count). The zero-order chi connectivity index (χ0) is 14.4. The molecule has 0 radical (unpaired) electrons. The van der Waals surface area contributed by atoms with E-state index < -0.39 is 18.0 Å². The molecular formula is C11H17N5O3. The molecule has 0 spiro atoms. The molecule has 1 aromatic rings. The fourth-order valence-electron chi connectivity index (χ4n) is 1.39. The van der Waals surface area contributed by atoms with Gasteiger partial charge in [0.05, 0.1) is 11.4 Å². The molecule has 3 N–H and O–H groups in total. The van der Waals surface area contributed by atoms with E-state index in [-0.39, 0.29) is 5.95 Å². The zero-order valence-electron chi connectivity index (χ0n) is 11.1. The van der Waals surface area contributed by atoms with Crippen molar-refractivity contribution in [2.45, 2.75) is 39.7 Å². The van der Waals surface area contributed by atoms with Crippen molar-refractivity contribution >= 4 is 17.9 Å². The largest absolute Gasteiger partial charge is 0.480 e. The topological polar surface area (TPSA) is 117 Å². The smallest absolute Gasteiger partial charge is 0.325 e. The Morgan fingerprint density at radius 3 is 2.37 bits per heavy atom. The van der Waals surface area contributed by atoms with Crippen molar-refractivity contribution < 1.29 is 14.7 Å². The number of hydrogen-bond acceptors (Lipinski definition) is 5. The Balaban J connectivity index is 2.72. The van der Waals surface area contributed by atoms with Crippen molar-refractivity contribution in [3.05, 3.63) is 11.4 Å². The lowest BCUT2D eigenvalue weighted by molar-refractivity contribution is -0.138. The summed E-state index contributed by atoms with van der Waals surface area (Å²) in [6.45, 7) is 5.23. The van der Waals surface area contributed by atoms with Gasteiger partial charge in [-0.3, -0.25) is 10.1 Å². The second kappa shape index (κ2) is 6.62. The van der Waals surface area contributed by atoms with E-state index in [0.29, 0.717) is 12.8 Å². The van der Waals surface area contributed by atoms with E-state index in [0.717, 1.165) is 11.4 Å². The van der Waals surface area contributed by atoms with Gasteiger partial charge < -0.3 is 10.4 Å². The fraction of sp³-hybridized carbons (Fsp3) is 0.545. The van der Waals surface area contributed by atoms with Crippen LogP contribution in [0.4, 0.5) is 10.7 Å². The predicted molar refractivity (Wildman–Crippen MR) is 67.8 cm³/mol. The van der Waals surface area contributed by atoms with Crippen LogP contribution < -0.4 is 10.6 Å². The lowest BCUT2D eigenvalue weighted by Crippen LogP contribution is -2.41. The third-order valence-electron chi connectivity index (χ3n) is 2.45. The van der Waals surface area contributed by atoms with Gasteiger partial charge in [-0.1, -0.05) is 13.8 Å². The molecule has 2 amide bonds. The number of carboxylic acids is 1. The number of nitrogens with one attached hydrogen (secondary N) is 2. The highest BCUT2D eigenvalue weighted by molar-refractivity contribution is 5.90. The second-order valence-corrected chi connectivity index (χ2v) is 3.89. The van der Waals surface area contributed by atoms with Gasteiger partial charge in [-0.05, 0) is 19.8 Å². The molecule has 0 aliphatic rings. The number of hydrogen-bond donors (Lipinski definition) is 3. The minimum absolute atomic E-state index is 0.0594. The SMILES string of the molecule is CCc1nnc(NC(=O)N[C@H](C)C(=O)O)nc1CC. The number of anilines is 1. The molecule has 1 heterocycles. The molecule has 0 fully saturated rings. The average Bonchev–Trinajstić information content (AvgIpc) is 2.38. The zero-order valence-corrected chi connectivity index (χ0v) is 11.1. The van der Waals surface area contributed by atoms with Gasteiger partial charge in [0, 0.05) is 0 Å². The molecule has 8 nitrogen and oxygen atoms in total. The van der Waals surface area contributed by atoms with Crippen molar-refractivity contribution in [1.82, 2.24) is 20.5 Å². The molecule has 104 valence electrons. The number of aromatic nitrogens is 3. The summed E-state index contributed by atoms with van der Waals surface area (Å²) >= 11 is 0. The summed E-state index contributed by atoms with van der Waals surface area (Å²) in [5, 5.41) is 21.0. The highest BCUT2D eigenvalue weighted by Crippen LogP contribution is 2.06. The Morgan fingerprint density at radius 1 is 1.21 bits per heavy atom. The first-order chi connectivity index (χ1) is 8.97. The predicted octanol–water partition coefficient (Wildman–Crippen LogP) is 0.591. The van der Waals surface area contributed by atoms with Crippen LogP contribution in [0.25, 0.3) is 0 Å². The van der Waals surface area contributed by atoms with Crippen molar-refractivity contribution in [1.29, 1.82) is 0 Å². The highest BCUT2D eigenvalue weighted by Gasteiger charge is 2.15. The van der Waals surface area contributed by atoms with Gasteiger partial charge in [-0.15, -0.1) is 10.2 Å². The number of amides is 2. The van der Waals surface area contributed by atoms with E-state index >= 15 is 0 Å². The van der Waals surface area contributed by atoms with Gasteiger partial charge in [0.25, 0.3) is 5.95 Å². The van der Waals surface area contributed by atoms with Gasteiger partial charge in [0.1, 0.15) is 6.04 Å². The molecule has 0 bridgehead atoms. The Morgan fingerprint density at radius 2 is 1.84 bits per heavy atom. The minimum Gasteiger partial charge on any atom is -0.480 e. The van der Waals surface area contributed by atoms with Crippen LogP contribution in [0, 0.1) is 0 Å². The Hall–Kier alpha value is -2.25.